The van der Waals surface area contributed by atoms with Gasteiger partial charge < -0.3 is 61.7 Å². The molecule has 0 bridgehead atoms. The fourth-order valence-electron chi connectivity index (χ4n) is 6.16. The van der Waals surface area contributed by atoms with E-state index in [4.69, 9.17) is 61.0 Å². The van der Waals surface area contributed by atoms with E-state index in [0.717, 1.165) is 0 Å². The molecule has 0 atom stereocenters. The van der Waals surface area contributed by atoms with E-state index in [1.54, 1.807) is 25.2 Å². The predicted octanol–water partition coefficient (Wildman–Crippen LogP) is 4.46. The van der Waals surface area contributed by atoms with Gasteiger partial charge in [0.15, 0.2) is 0 Å². The Morgan fingerprint density at radius 3 is 1.12 bits per heavy atom. The largest absolute Gasteiger partial charge is 0.448 e. The van der Waals surface area contributed by atoms with E-state index in [9.17, 15) is 13.2 Å². The maximum absolute atomic E-state index is 12.6. The van der Waals surface area contributed by atoms with Crippen LogP contribution in [0.25, 0.3) is 11.1 Å². The van der Waals surface area contributed by atoms with E-state index in [1.165, 1.54) is 39.3 Å². The highest BCUT2D eigenvalue weighted by atomic mass is 32.2. The molecular weight excluding hydrogens is 855 g/mol. The van der Waals surface area contributed by atoms with E-state index in [1.807, 2.05) is 24.3 Å². The summed E-state index contributed by atoms with van der Waals surface area (Å²) in [4.78, 5) is 14.3. The minimum atomic E-state index is -3.77. The molecular formula is C46H67NO16S. The molecule has 0 saturated heterocycles. The molecule has 1 aliphatic carbocycles. The minimum absolute atomic E-state index is 0.0302. The molecule has 17 nitrogen and oxygen atoms in total. The summed E-state index contributed by atoms with van der Waals surface area (Å²) in [6.07, 6.45) is -0.372. The van der Waals surface area contributed by atoms with Crippen LogP contribution in [0.5, 0.6) is 0 Å². The lowest BCUT2D eigenvalue weighted by Gasteiger charge is -2.19. The normalized spacial score (nSPS) is 12.4. The van der Waals surface area contributed by atoms with Crippen molar-refractivity contribution in [2.75, 3.05) is 172 Å². The molecule has 0 spiro atoms. The van der Waals surface area contributed by atoms with Crippen molar-refractivity contribution in [1.29, 1.82) is 0 Å². The lowest BCUT2D eigenvalue weighted by atomic mass is 9.98. The Labute approximate surface area is 378 Å². The van der Waals surface area contributed by atoms with Gasteiger partial charge in [0.25, 0.3) is 10.1 Å². The summed E-state index contributed by atoms with van der Waals surface area (Å²) >= 11 is 0. The molecule has 0 unspecified atom stereocenters. The van der Waals surface area contributed by atoms with Gasteiger partial charge in [-0.3, -0.25) is 4.18 Å². The third-order valence-electron chi connectivity index (χ3n) is 9.44. The SMILES string of the molecule is CN(CCOCCOCCOCCOCCOCCOCCOCCOCCOCCOCCOCCOS(=O)(=O)c1ccccc1)C(=O)OCC1c2ccccc2-c2ccccc21. The van der Waals surface area contributed by atoms with Crippen molar-refractivity contribution in [3.05, 3.63) is 90.0 Å². The number of fused-ring (bicyclic) bond motifs is 3. The monoisotopic (exact) mass is 921 g/mol. The van der Waals surface area contributed by atoms with Crippen LogP contribution in [0.2, 0.25) is 0 Å². The highest BCUT2D eigenvalue weighted by Gasteiger charge is 2.29. The molecule has 358 valence electrons. The average molecular weight is 922 g/mol. The van der Waals surface area contributed by atoms with Gasteiger partial charge >= 0.3 is 6.09 Å². The van der Waals surface area contributed by atoms with Crippen molar-refractivity contribution in [2.45, 2.75) is 10.8 Å². The van der Waals surface area contributed by atoms with Gasteiger partial charge in [-0.15, -0.1) is 0 Å². The van der Waals surface area contributed by atoms with Crippen LogP contribution < -0.4 is 0 Å². The summed E-state index contributed by atoms with van der Waals surface area (Å²) in [5, 5.41) is 0. The number of rotatable bonds is 40. The van der Waals surface area contributed by atoms with Crippen molar-refractivity contribution in [3.63, 3.8) is 0 Å². The summed E-state index contributed by atoms with van der Waals surface area (Å²) in [6.45, 7) is 10.0. The molecule has 1 amide bonds. The Kier molecular flexibility index (Phi) is 28.0. The smallest absolute Gasteiger partial charge is 0.409 e. The number of hydrogen-bond donors (Lipinski definition) is 0. The van der Waals surface area contributed by atoms with Crippen LogP contribution in [0, 0.1) is 0 Å². The molecule has 0 fully saturated rings. The molecule has 64 heavy (non-hydrogen) atoms. The van der Waals surface area contributed by atoms with Crippen LogP contribution in [0.15, 0.2) is 83.8 Å². The standard InChI is InChI=1S/C46H67NO16S/c1-47(46(48)62-39-45-43-13-7-5-11-41(43)42-12-6-8-14-44(42)45)15-16-51-17-18-52-19-20-53-21-22-54-23-24-55-25-26-56-27-28-57-29-30-58-31-32-59-33-34-60-35-36-61-37-38-63-64(49,50)40-9-3-2-4-10-40/h2-14,45H,15-39H2,1H3. The fraction of sp³-hybridized carbons (Fsp3) is 0.587. The van der Waals surface area contributed by atoms with Crippen molar-refractivity contribution < 1.29 is 74.2 Å². The fourth-order valence-corrected chi connectivity index (χ4v) is 7.07. The Bertz CT molecular complexity index is 1710. The van der Waals surface area contributed by atoms with Crippen LogP contribution in [0.3, 0.4) is 0 Å². The van der Waals surface area contributed by atoms with Crippen LogP contribution in [0.4, 0.5) is 4.79 Å². The van der Waals surface area contributed by atoms with Crippen molar-refractivity contribution in [3.8, 4) is 11.1 Å². The Morgan fingerprint density at radius 2 is 0.750 bits per heavy atom. The first-order valence-electron chi connectivity index (χ1n) is 21.8. The minimum Gasteiger partial charge on any atom is -0.448 e. The third-order valence-corrected chi connectivity index (χ3v) is 10.8. The van der Waals surface area contributed by atoms with E-state index in [0.29, 0.717) is 152 Å². The quantitative estimate of drug-likeness (QED) is 0.0578. The third kappa shape index (κ3) is 22.1. The summed E-state index contributed by atoms with van der Waals surface area (Å²) in [5.41, 5.74) is 4.77. The lowest BCUT2D eigenvalue weighted by molar-refractivity contribution is -0.0278. The zero-order chi connectivity index (χ0) is 45.2. The van der Waals surface area contributed by atoms with Crippen molar-refractivity contribution in [1.82, 2.24) is 4.90 Å². The topological polar surface area (TPSA) is 174 Å². The van der Waals surface area contributed by atoms with Gasteiger partial charge in [0.1, 0.15) is 6.61 Å². The van der Waals surface area contributed by atoms with Gasteiger partial charge in [-0.1, -0.05) is 66.7 Å². The zero-order valence-corrected chi connectivity index (χ0v) is 38.0. The Balaban J connectivity index is 0.778. The lowest BCUT2D eigenvalue weighted by Crippen LogP contribution is -2.32. The number of nitrogens with zero attached hydrogens (tertiary/aromatic N) is 1. The number of benzene rings is 3. The molecule has 3 aromatic carbocycles. The first-order chi connectivity index (χ1) is 31.5. The van der Waals surface area contributed by atoms with Gasteiger partial charge in [-0.05, 0) is 34.4 Å². The molecule has 3 aromatic rings. The van der Waals surface area contributed by atoms with Crippen LogP contribution in [0.1, 0.15) is 17.0 Å². The van der Waals surface area contributed by atoms with Gasteiger partial charge in [0.05, 0.1) is 157 Å². The Hall–Kier alpha value is -3.60. The van der Waals surface area contributed by atoms with Crippen molar-refractivity contribution >= 4 is 16.2 Å². The number of carbonyl (C=O) groups is 1. The van der Waals surface area contributed by atoms with E-state index in [2.05, 4.69) is 24.3 Å². The predicted molar refractivity (Wildman–Crippen MR) is 236 cm³/mol. The first-order valence-corrected chi connectivity index (χ1v) is 23.2. The number of hydrogen-bond acceptors (Lipinski definition) is 16. The van der Waals surface area contributed by atoms with E-state index in [-0.39, 0.29) is 30.1 Å². The summed E-state index contributed by atoms with van der Waals surface area (Å²) in [6, 6.07) is 24.5. The second-order valence-corrected chi connectivity index (χ2v) is 15.7. The molecule has 18 heteroatoms. The zero-order valence-electron chi connectivity index (χ0n) is 37.1. The molecule has 0 aliphatic heterocycles. The highest BCUT2D eigenvalue weighted by molar-refractivity contribution is 7.86. The number of likely N-dealkylation sites (N-methyl/N-ethyl adjacent to an activating group) is 1. The molecule has 4 rings (SSSR count). The molecule has 0 aromatic heterocycles. The van der Waals surface area contributed by atoms with Gasteiger partial charge in [0, 0.05) is 19.5 Å². The average Bonchev–Trinajstić information content (AvgIpc) is 3.64. The number of amides is 1. The van der Waals surface area contributed by atoms with E-state index < -0.39 is 10.1 Å². The second-order valence-electron chi connectivity index (χ2n) is 14.1. The Morgan fingerprint density at radius 1 is 0.438 bits per heavy atom. The van der Waals surface area contributed by atoms with E-state index >= 15 is 0 Å². The highest BCUT2D eigenvalue weighted by Crippen LogP contribution is 2.44. The second kappa shape index (κ2) is 33.8. The van der Waals surface area contributed by atoms with Crippen LogP contribution in [-0.4, -0.2) is 192 Å². The van der Waals surface area contributed by atoms with Gasteiger partial charge in [0.2, 0.25) is 0 Å². The van der Waals surface area contributed by atoms with Gasteiger partial charge in [-0.25, -0.2) is 4.79 Å². The maximum Gasteiger partial charge on any atom is 0.409 e. The molecule has 1 aliphatic rings. The summed E-state index contributed by atoms with van der Waals surface area (Å²) in [5.74, 6) is 0.0302. The number of carbonyl (C=O) groups excluding carboxylic acids is 1. The summed E-state index contributed by atoms with van der Waals surface area (Å²) < 4.78 is 95.1. The molecule has 0 heterocycles. The van der Waals surface area contributed by atoms with Crippen LogP contribution in [-0.2, 0) is 71.1 Å². The van der Waals surface area contributed by atoms with Crippen LogP contribution >= 0.6 is 0 Å². The van der Waals surface area contributed by atoms with Gasteiger partial charge in [-0.2, -0.15) is 8.42 Å². The summed E-state index contributed by atoms with van der Waals surface area (Å²) in [7, 11) is -2.06. The maximum atomic E-state index is 12.6. The molecule has 0 radical (unpaired) electrons. The molecule has 0 saturated carbocycles. The first kappa shape index (κ1) is 53.0. The number of ether oxygens (including phenoxy) is 12. The molecule has 0 N–H and O–H groups in total. The van der Waals surface area contributed by atoms with Crippen molar-refractivity contribution in [2.24, 2.45) is 0 Å².